The Morgan fingerprint density at radius 1 is 1.47 bits per heavy atom. The SMILES string of the molecule is C=CCOC1CCC(C(=O)O)N1C(=O)O. The standard InChI is InChI=1S/C9H13NO5/c1-2-5-15-7-4-3-6(8(11)12)10(7)9(13)14/h2,6-7H,1,3-5H2,(H,11,12)(H,13,14). The van der Waals surface area contributed by atoms with Crippen LogP contribution in [0.15, 0.2) is 12.7 Å². The van der Waals surface area contributed by atoms with E-state index in [1.54, 1.807) is 0 Å². The van der Waals surface area contributed by atoms with Crippen LogP contribution in [0.3, 0.4) is 0 Å². The second kappa shape index (κ2) is 4.79. The van der Waals surface area contributed by atoms with Crippen LogP contribution in [0.5, 0.6) is 0 Å². The number of hydrogen-bond acceptors (Lipinski definition) is 3. The van der Waals surface area contributed by atoms with Gasteiger partial charge in [-0.3, -0.25) is 4.90 Å². The molecule has 6 nitrogen and oxygen atoms in total. The third-order valence-corrected chi connectivity index (χ3v) is 2.25. The Kier molecular flexibility index (Phi) is 3.68. The summed E-state index contributed by atoms with van der Waals surface area (Å²) in [6, 6.07) is -1.00. The fourth-order valence-corrected chi connectivity index (χ4v) is 1.62. The molecule has 2 N–H and O–H groups in total. The van der Waals surface area contributed by atoms with Crippen LogP contribution in [0.1, 0.15) is 12.8 Å². The minimum atomic E-state index is -1.27. The maximum atomic E-state index is 10.8. The van der Waals surface area contributed by atoms with Crippen LogP contribution in [0.2, 0.25) is 0 Å². The zero-order valence-corrected chi connectivity index (χ0v) is 8.13. The smallest absolute Gasteiger partial charge is 0.410 e. The van der Waals surface area contributed by atoms with E-state index in [0.717, 1.165) is 4.90 Å². The molecule has 0 spiro atoms. The van der Waals surface area contributed by atoms with Crippen molar-refractivity contribution in [1.82, 2.24) is 4.90 Å². The van der Waals surface area contributed by atoms with E-state index in [1.807, 2.05) is 0 Å². The molecule has 2 atom stereocenters. The molecule has 6 heteroatoms. The number of likely N-dealkylation sites (tertiary alicyclic amines) is 1. The highest BCUT2D eigenvalue weighted by molar-refractivity contribution is 5.80. The number of amides is 1. The maximum absolute atomic E-state index is 10.8. The van der Waals surface area contributed by atoms with Crippen molar-refractivity contribution in [3.8, 4) is 0 Å². The Labute approximate surface area is 86.7 Å². The number of rotatable bonds is 4. The Morgan fingerprint density at radius 3 is 2.60 bits per heavy atom. The summed E-state index contributed by atoms with van der Waals surface area (Å²) in [5.74, 6) is -1.14. The Hall–Kier alpha value is -1.56. The van der Waals surface area contributed by atoms with E-state index in [-0.39, 0.29) is 13.0 Å². The Balaban J connectivity index is 2.70. The molecular formula is C9H13NO5. The highest BCUT2D eigenvalue weighted by Gasteiger charge is 2.41. The van der Waals surface area contributed by atoms with Gasteiger partial charge in [0.2, 0.25) is 0 Å². The lowest BCUT2D eigenvalue weighted by atomic mass is 10.2. The molecule has 1 aliphatic rings. The van der Waals surface area contributed by atoms with Crippen LogP contribution >= 0.6 is 0 Å². The Morgan fingerprint density at radius 2 is 2.13 bits per heavy atom. The van der Waals surface area contributed by atoms with Gasteiger partial charge < -0.3 is 14.9 Å². The van der Waals surface area contributed by atoms with Crippen molar-refractivity contribution in [3.63, 3.8) is 0 Å². The predicted molar refractivity (Wildman–Crippen MR) is 50.5 cm³/mol. The van der Waals surface area contributed by atoms with Crippen LogP contribution in [-0.4, -0.2) is 46.1 Å². The van der Waals surface area contributed by atoms with Gasteiger partial charge in [-0.1, -0.05) is 6.08 Å². The first kappa shape index (κ1) is 11.5. The van der Waals surface area contributed by atoms with E-state index >= 15 is 0 Å². The summed E-state index contributed by atoms with van der Waals surface area (Å²) in [5, 5.41) is 17.7. The zero-order chi connectivity index (χ0) is 11.4. The molecule has 0 saturated carbocycles. The molecule has 1 fully saturated rings. The highest BCUT2D eigenvalue weighted by Crippen LogP contribution is 2.25. The lowest BCUT2D eigenvalue weighted by molar-refractivity contribution is -0.144. The third kappa shape index (κ3) is 2.47. The second-order valence-corrected chi connectivity index (χ2v) is 3.20. The first-order valence-electron chi connectivity index (χ1n) is 4.54. The van der Waals surface area contributed by atoms with E-state index in [2.05, 4.69) is 6.58 Å². The van der Waals surface area contributed by atoms with E-state index in [0.29, 0.717) is 6.42 Å². The molecule has 2 unspecified atom stereocenters. The first-order valence-corrected chi connectivity index (χ1v) is 4.54. The molecule has 1 rings (SSSR count). The molecule has 0 aromatic rings. The molecule has 15 heavy (non-hydrogen) atoms. The average molecular weight is 215 g/mol. The number of carbonyl (C=O) groups is 2. The lowest BCUT2D eigenvalue weighted by Crippen LogP contribution is -2.45. The topological polar surface area (TPSA) is 87.1 Å². The lowest BCUT2D eigenvalue weighted by Gasteiger charge is -2.24. The van der Waals surface area contributed by atoms with Crippen molar-refractivity contribution in [2.24, 2.45) is 0 Å². The van der Waals surface area contributed by atoms with Crippen molar-refractivity contribution in [2.75, 3.05) is 6.61 Å². The van der Waals surface area contributed by atoms with Gasteiger partial charge in [-0.15, -0.1) is 6.58 Å². The van der Waals surface area contributed by atoms with E-state index in [4.69, 9.17) is 14.9 Å². The molecule has 1 aliphatic heterocycles. The van der Waals surface area contributed by atoms with Crippen molar-refractivity contribution in [2.45, 2.75) is 25.1 Å². The van der Waals surface area contributed by atoms with Crippen molar-refractivity contribution in [3.05, 3.63) is 12.7 Å². The summed E-state index contributed by atoms with van der Waals surface area (Å²) in [7, 11) is 0. The summed E-state index contributed by atoms with van der Waals surface area (Å²) in [6.45, 7) is 3.65. The molecular weight excluding hydrogens is 202 g/mol. The molecule has 0 aromatic carbocycles. The number of hydrogen-bond donors (Lipinski definition) is 2. The van der Waals surface area contributed by atoms with Crippen molar-refractivity contribution in [1.29, 1.82) is 0 Å². The van der Waals surface area contributed by atoms with Gasteiger partial charge in [-0.25, -0.2) is 9.59 Å². The summed E-state index contributed by atoms with van der Waals surface area (Å²) in [6.07, 6.45) is 0.227. The summed E-state index contributed by atoms with van der Waals surface area (Å²) in [5.41, 5.74) is 0. The molecule has 84 valence electrons. The van der Waals surface area contributed by atoms with Gasteiger partial charge in [0.25, 0.3) is 0 Å². The monoisotopic (exact) mass is 215 g/mol. The normalized spacial score (nSPS) is 25.2. The minimum absolute atomic E-state index is 0.209. The fraction of sp³-hybridized carbons (Fsp3) is 0.556. The molecule has 1 amide bonds. The molecule has 1 saturated heterocycles. The summed E-state index contributed by atoms with van der Waals surface area (Å²) >= 11 is 0. The number of ether oxygens (including phenoxy) is 1. The van der Waals surface area contributed by atoms with E-state index < -0.39 is 24.3 Å². The molecule has 1 heterocycles. The largest absolute Gasteiger partial charge is 0.480 e. The van der Waals surface area contributed by atoms with Gasteiger partial charge in [0, 0.05) is 0 Å². The van der Waals surface area contributed by atoms with Gasteiger partial charge in [0.1, 0.15) is 12.3 Å². The number of nitrogens with zero attached hydrogens (tertiary/aromatic N) is 1. The van der Waals surface area contributed by atoms with Crippen LogP contribution in [0.25, 0.3) is 0 Å². The minimum Gasteiger partial charge on any atom is -0.480 e. The maximum Gasteiger partial charge on any atom is 0.410 e. The number of carboxylic acid groups (broad SMARTS) is 2. The summed E-state index contributed by atoms with van der Waals surface area (Å²) < 4.78 is 5.17. The molecule has 0 aliphatic carbocycles. The quantitative estimate of drug-likeness (QED) is 0.675. The van der Waals surface area contributed by atoms with Crippen LogP contribution < -0.4 is 0 Å². The van der Waals surface area contributed by atoms with Crippen molar-refractivity contribution >= 4 is 12.1 Å². The van der Waals surface area contributed by atoms with E-state index in [9.17, 15) is 9.59 Å². The van der Waals surface area contributed by atoms with Crippen molar-refractivity contribution < 1.29 is 24.5 Å². The van der Waals surface area contributed by atoms with Gasteiger partial charge in [0.15, 0.2) is 0 Å². The van der Waals surface area contributed by atoms with Gasteiger partial charge >= 0.3 is 12.1 Å². The zero-order valence-electron chi connectivity index (χ0n) is 8.13. The average Bonchev–Trinajstić information content (AvgIpc) is 2.58. The Bertz CT molecular complexity index is 278. The van der Waals surface area contributed by atoms with E-state index in [1.165, 1.54) is 6.08 Å². The predicted octanol–water partition coefficient (Wildman–Crippen LogP) is 0.742. The van der Waals surface area contributed by atoms with Gasteiger partial charge in [0.05, 0.1) is 6.61 Å². The highest BCUT2D eigenvalue weighted by atomic mass is 16.5. The van der Waals surface area contributed by atoms with Crippen LogP contribution in [0.4, 0.5) is 4.79 Å². The molecule has 0 bridgehead atoms. The first-order chi connectivity index (χ1) is 7.07. The molecule has 0 aromatic heterocycles. The summed E-state index contributed by atoms with van der Waals surface area (Å²) in [4.78, 5) is 22.4. The van der Waals surface area contributed by atoms with Gasteiger partial charge in [-0.05, 0) is 12.8 Å². The number of carboxylic acids is 1. The fourth-order valence-electron chi connectivity index (χ4n) is 1.62. The molecule has 0 radical (unpaired) electrons. The third-order valence-electron chi connectivity index (χ3n) is 2.25. The second-order valence-electron chi connectivity index (χ2n) is 3.20. The van der Waals surface area contributed by atoms with Gasteiger partial charge in [-0.2, -0.15) is 0 Å². The van der Waals surface area contributed by atoms with Crippen LogP contribution in [-0.2, 0) is 9.53 Å². The van der Waals surface area contributed by atoms with Crippen LogP contribution in [0, 0.1) is 0 Å². The number of aliphatic carboxylic acids is 1.